The molecule has 0 aliphatic carbocycles. The Morgan fingerprint density at radius 3 is 2.93 bits per heavy atom. The van der Waals surface area contributed by atoms with Gasteiger partial charge in [-0.05, 0) is 30.4 Å². The summed E-state index contributed by atoms with van der Waals surface area (Å²) in [6.45, 7) is 0.0760. The topological polar surface area (TPSA) is 91.0 Å². The third-order valence-electron chi connectivity index (χ3n) is 5.55. The number of benzene rings is 1. The molecular weight excluding hydrogens is 348 g/mol. The Labute approximate surface area is 156 Å². The van der Waals surface area contributed by atoms with Crippen LogP contribution in [-0.2, 0) is 11.8 Å². The molecule has 0 saturated carbocycles. The molecule has 1 aromatic carbocycles. The number of fused-ring (bicyclic) bond motifs is 1. The number of alkyl halides is 1. The largest absolute Gasteiger partial charge is 0.329 e. The summed E-state index contributed by atoms with van der Waals surface area (Å²) in [6.07, 6.45) is 0.822. The number of nitrogens with one attached hydrogen (secondary N) is 1. The fourth-order valence-electron chi connectivity index (χ4n) is 4.06. The molecule has 0 bridgehead atoms. The molecule has 0 radical (unpaired) electrons. The molecule has 2 atom stereocenters. The van der Waals surface area contributed by atoms with Crippen molar-refractivity contribution in [1.29, 1.82) is 5.26 Å². The fraction of sp³-hybridized carbons (Fsp3) is 0.444. The molecule has 1 aromatic heterocycles. The number of imide groups is 1. The number of anilines is 1. The van der Waals surface area contributed by atoms with Crippen molar-refractivity contribution in [3.8, 4) is 5.97 Å². The normalized spacial score (nSPS) is 23.4. The fourth-order valence-corrected chi connectivity index (χ4v) is 4.06. The molecule has 2 unspecified atom stereocenters. The molecule has 1 N–H and O–H groups in total. The van der Waals surface area contributed by atoms with Crippen molar-refractivity contribution in [2.75, 3.05) is 11.4 Å². The van der Waals surface area contributed by atoms with Gasteiger partial charge in [0.1, 0.15) is 6.17 Å². The first kappa shape index (κ1) is 17.5. The summed E-state index contributed by atoms with van der Waals surface area (Å²) in [6, 6.07) is 5.18. The van der Waals surface area contributed by atoms with Crippen LogP contribution in [0.5, 0.6) is 0 Å². The van der Waals surface area contributed by atoms with Gasteiger partial charge in [0, 0.05) is 37.3 Å². The van der Waals surface area contributed by atoms with Gasteiger partial charge in [0.15, 0.2) is 5.82 Å². The van der Waals surface area contributed by atoms with Gasteiger partial charge < -0.3 is 0 Å². The Balaban J connectivity index is 1.67. The lowest BCUT2D eigenvalue weighted by Gasteiger charge is -2.27. The van der Waals surface area contributed by atoms with Crippen LogP contribution in [0.3, 0.4) is 0 Å². The molecule has 27 heavy (non-hydrogen) atoms. The molecule has 3 heterocycles. The number of hydrogen-bond acceptors (Lipinski definition) is 4. The van der Waals surface area contributed by atoms with Gasteiger partial charge in [-0.3, -0.25) is 19.7 Å². The van der Waals surface area contributed by atoms with Crippen molar-refractivity contribution in [3.05, 3.63) is 23.8 Å². The average molecular weight is 367 g/mol. The van der Waals surface area contributed by atoms with E-state index in [2.05, 4.69) is 16.4 Å². The second kappa shape index (κ2) is 6.69. The number of nitriles is 1. The van der Waals surface area contributed by atoms with Crippen LogP contribution in [0.2, 0.25) is 12.6 Å². The number of carbonyl (C=O) groups excluding carboxylic acids is 2. The lowest BCUT2D eigenvalue weighted by Crippen LogP contribution is -2.49. The number of aromatic nitrogens is 2. The summed E-state index contributed by atoms with van der Waals surface area (Å²) in [5, 5.41) is 16.6. The van der Waals surface area contributed by atoms with Gasteiger partial charge in [-0.25, -0.2) is 14.4 Å². The monoisotopic (exact) mass is 367 g/mol. The highest BCUT2D eigenvalue weighted by Crippen LogP contribution is 2.38. The third-order valence-corrected chi connectivity index (χ3v) is 5.55. The van der Waals surface area contributed by atoms with Gasteiger partial charge in [0.25, 0.3) is 6.71 Å². The van der Waals surface area contributed by atoms with E-state index >= 15 is 0 Å². The number of carbonyl (C=O) groups is 2. The van der Waals surface area contributed by atoms with Crippen molar-refractivity contribution in [1.82, 2.24) is 15.1 Å². The summed E-state index contributed by atoms with van der Waals surface area (Å²) in [4.78, 5) is 25.0. The van der Waals surface area contributed by atoms with Crippen molar-refractivity contribution >= 4 is 35.4 Å². The van der Waals surface area contributed by atoms with Crippen LogP contribution in [0, 0.1) is 11.2 Å². The molecule has 2 aliphatic rings. The summed E-state index contributed by atoms with van der Waals surface area (Å²) in [5.74, 6) is 2.15. The van der Waals surface area contributed by atoms with E-state index in [-0.39, 0.29) is 37.8 Å². The van der Waals surface area contributed by atoms with Crippen molar-refractivity contribution in [3.63, 3.8) is 0 Å². The Morgan fingerprint density at radius 2 is 2.22 bits per heavy atom. The van der Waals surface area contributed by atoms with Gasteiger partial charge in [-0.2, -0.15) is 5.10 Å². The van der Waals surface area contributed by atoms with E-state index in [0.717, 1.165) is 16.5 Å². The van der Waals surface area contributed by atoms with Crippen molar-refractivity contribution in [2.24, 2.45) is 7.05 Å². The predicted octanol–water partition coefficient (Wildman–Crippen LogP) is 2.40. The summed E-state index contributed by atoms with van der Waals surface area (Å²) in [5.41, 5.74) is 1.70. The van der Waals surface area contributed by atoms with Crippen LogP contribution in [0.25, 0.3) is 10.9 Å². The third kappa shape index (κ3) is 3.05. The molecular formula is C18H19BFN5O2. The molecule has 3 amide bonds. The first-order chi connectivity index (χ1) is 13.0. The Kier molecular flexibility index (Phi) is 4.34. The number of rotatable bonds is 2. The zero-order valence-corrected chi connectivity index (χ0v) is 15.0. The Morgan fingerprint density at radius 1 is 1.41 bits per heavy atom. The Bertz CT molecular complexity index is 969. The van der Waals surface area contributed by atoms with Gasteiger partial charge in [0.05, 0.1) is 5.52 Å². The molecule has 4 rings (SSSR count). The number of aryl methyl sites for hydroxylation is 1. The molecule has 0 spiro atoms. The van der Waals surface area contributed by atoms with E-state index in [1.54, 1.807) is 11.7 Å². The molecule has 9 heteroatoms. The highest BCUT2D eigenvalue weighted by molar-refractivity contribution is 6.67. The van der Waals surface area contributed by atoms with E-state index in [9.17, 15) is 14.0 Å². The first-order valence-electron chi connectivity index (χ1n) is 9.09. The van der Waals surface area contributed by atoms with Crippen LogP contribution >= 0.6 is 0 Å². The molecule has 138 valence electrons. The van der Waals surface area contributed by atoms with Crippen molar-refractivity contribution < 1.29 is 14.0 Å². The minimum atomic E-state index is -1.03. The van der Waals surface area contributed by atoms with E-state index in [4.69, 9.17) is 5.26 Å². The summed E-state index contributed by atoms with van der Waals surface area (Å²) >= 11 is 0. The highest BCUT2D eigenvalue weighted by Gasteiger charge is 2.34. The van der Waals surface area contributed by atoms with Crippen LogP contribution in [0.1, 0.15) is 24.3 Å². The maximum Gasteiger partial charge on any atom is 0.329 e. The van der Waals surface area contributed by atoms with E-state index in [0.29, 0.717) is 18.6 Å². The lowest BCUT2D eigenvalue weighted by molar-refractivity contribution is -0.120. The van der Waals surface area contributed by atoms with Crippen LogP contribution in [0.15, 0.2) is 18.2 Å². The molecule has 7 nitrogen and oxygen atoms in total. The van der Waals surface area contributed by atoms with Crippen LogP contribution in [-0.4, -0.2) is 41.1 Å². The van der Waals surface area contributed by atoms with Crippen molar-refractivity contribution in [2.45, 2.75) is 37.6 Å². The molecule has 2 aromatic rings. The number of nitrogens with zero attached hydrogens (tertiary/aromatic N) is 4. The van der Waals surface area contributed by atoms with Gasteiger partial charge >= 0.3 is 6.03 Å². The minimum absolute atomic E-state index is 0.205. The number of halogens is 1. The maximum atomic E-state index is 14.6. The van der Waals surface area contributed by atoms with Gasteiger partial charge in [-0.15, -0.1) is 0 Å². The number of hydrogen-bond donors (Lipinski definition) is 1. The van der Waals surface area contributed by atoms with Crippen LogP contribution in [0.4, 0.5) is 15.0 Å². The predicted molar refractivity (Wildman–Crippen MR) is 99.5 cm³/mol. The first-order valence-corrected chi connectivity index (χ1v) is 9.09. The second-order valence-corrected chi connectivity index (χ2v) is 7.24. The lowest BCUT2D eigenvalue weighted by atomic mass is 9.41. The molecule has 2 aliphatic heterocycles. The van der Waals surface area contributed by atoms with Gasteiger partial charge in [-0.1, -0.05) is 12.4 Å². The molecule has 2 saturated heterocycles. The quantitative estimate of drug-likeness (QED) is 0.826. The summed E-state index contributed by atoms with van der Waals surface area (Å²) in [7, 11) is 1.78. The van der Waals surface area contributed by atoms with E-state index in [1.807, 2.05) is 18.2 Å². The van der Waals surface area contributed by atoms with Crippen LogP contribution < -0.4 is 10.2 Å². The number of amides is 3. The SMILES string of the molecule is Cn1nc(N2CCC(=O)NC2=O)c2ccc(C3CCB(C#N)CC3F)cc21. The highest BCUT2D eigenvalue weighted by atomic mass is 19.1. The smallest absolute Gasteiger partial charge is 0.278 e. The minimum Gasteiger partial charge on any atom is -0.278 e. The summed E-state index contributed by atoms with van der Waals surface area (Å²) < 4.78 is 16.3. The standard InChI is InChI=1S/C18H19BFN5O2/c1-24-15-8-11(12-4-6-19(10-21)9-14(12)20)2-3-13(15)17(23-24)25-7-5-16(26)22-18(25)27/h2-3,8,12,14H,4-7,9H2,1H3,(H,22,26,27). The Hall–Kier alpha value is -2.89. The van der Waals surface area contributed by atoms with E-state index in [1.165, 1.54) is 4.90 Å². The average Bonchev–Trinajstić information content (AvgIpc) is 2.97. The maximum absolute atomic E-state index is 14.6. The van der Waals surface area contributed by atoms with E-state index < -0.39 is 12.2 Å². The molecule has 2 fully saturated rings. The van der Waals surface area contributed by atoms with Gasteiger partial charge in [0.2, 0.25) is 5.91 Å². The zero-order chi connectivity index (χ0) is 19.1. The number of urea groups is 1. The second-order valence-electron chi connectivity index (χ2n) is 7.24. The zero-order valence-electron chi connectivity index (χ0n) is 15.0.